The fourth-order valence-corrected chi connectivity index (χ4v) is 6.28. The van der Waals surface area contributed by atoms with Crippen LogP contribution in [0.15, 0.2) is 54.6 Å². The summed E-state index contributed by atoms with van der Waals surface area (Å²) in [5, 5.41) is 25.0. The Labute approximate surface area is 218 Å². The van der Waals surface area contributed by atoms with Crippen molar-refractivity contribution >= 4 is 18.0 Å². The Morgan fingerprint density at radius 2 is 1.95 bits per heavy atom. The van der Waals surface area contributed by atoms with Crippen molar-refractivity contribution in [1.29, 1.82) is 0 Å². The molecule has 0 radical (unpaired) electrons. The minimum absolute atomic E-state index is 0.103. The van der Waals surface area contributed by atoms with Crippen LogP contribution in [-0.4, -0.2) is 58.3 Å². The van der Waals surface area contributed by atoms with Gasteiger partial charge in [-0.25, -0.2) is 0 Å². The van der Waals surface area contributed by atoms with E-state index in [0.29, 0.717) is 31.6 Å². The highest BCUT2D eigenvalue weighted by atomic mass is 16.5. The Kier molecular flexibility index (Phi) is 7.10. The third-order valence-electron chi connectivity index (χ3n) is 8.24. The molecule has 0 spiro atoms. The smallest absolute Gasteiger partial charge is 0.308 e. The largest absolute Gasteiger partial charge is 0.508 e. The van der Waals surface area contributed by atoms with E-state index in [4.69, 9.17) is 4.74 Å². The number of nitrogens with zero attached hydrogens (tertiary/aromatic N) is 1. The van der Waals surface area contributed by atoms with Gasteiger partial charge in [0.2, 0.25) is 5.91 Å². The maximum atomic E-state index is 12.8. The monoisotopic (exact) mass is 504 g/mol. The van der Waals surface area contributed by atoms with E-state index >= 15 is 0 Å². The SMILES string of the molecule is CC(=O)Oc1cccc(C23CCN(CC4CC4)CC2(O)CCC(NC(=O)/C=C/c2cccc(O)c2)C3)c1. The van der Waals surface area contributed by atoms with Gasteiger partial charge in [-0.1, -0.05) is 24.3 Å². The van der Waals surface area contributed by atoms with Gasteiger partial charge in [-0.05, 0) is 92.5 Å². The molecule has 7 nitrogen and oxygen atoms in total. The van der Waals surface area contributed by atoms with Crippen molar-refractivity contribution in [3.05, 3.63) is 65.7 Å². The van der Waals surface area contributed by atoms with Crippen molar-refractivity contribution in [2.24, 2.45) is 5.92 Å². The summed E-state index contributed by atoms with van der Waals surface area (Å²) in [6, 6.07) is 14.2. The second-order valence-corrected chi connectivity index (χ2v) is 11.0. The molecule has 0 aromatic heterocycles. The zero-order valence-electron chi connectivity index (χ0n) is 21.4. The number of hydrogen-bond donors (Lipinski definition) is 3. The van der Waals surface area contributed by atoms with Crippen LogP contribution < -0.4 is 10.1 Å². The van der Waals surface area contributed by atoms with E-state index in [9.17, 15) is 19.8 Å². The van der Waals surface area contributed by atoms with Crippen LogP contribution in [-0.2, 0) is 15.0 Å². The minimum atomic E-state index is -0.937. The van der Waals surface area contributed by atoms with E-state index in [1.165, 1.54) is 25.8 Å². The Morgan fingerprint density at radius 3 is 2.70 bits per heavy atom. The van der Waals surface area contributed by atoms with E-state index in [0.717, 1.165) is 36.6 Å². The highest BCUT2D eigenvalue weighted by Gasteiger charge is 2.57. The molecule has 1 saturated heterocycles. The summed E-state index contributed by atoms with van der Waals surface area (Å²) < 4.78 is 5.38. The quantitative estimate of drug-likeness (QED) is 0.302. The Bertz CT molecular complexity index is 1190. The minimum Gasteiger partial charge on any atom is -0.508 e. The molecule has 1 aliphatic heterocycles. The molecule has 7 heteroatoms. The van der Waals surface area contributed by atoms with Gasteiger partial charge < -0.3 is 25.2 Å². The Morgan fingerprint density at radius 1 is 1.14 bits per heavy atom. The van der Waals surface area contributed by atoms with E-state index in [-0.39, 0.29) is 23.7 Å². The first kappa shape index (κ1) is 25.5. The van der Waals surface area contributed by atoms with Crippen molar-refractivity contribution in [2.45, 2.75) is 62.5 Å². The number of nitrogens with one attached hydrogen (secondary N) is 1. The molecule has 0 bridgehead atoms. The number of likely N-dealkylation sites (tertiary alicyclic amines) is 1. The molecule has 3 fully saturated rings. The van der Waals surface area contributed by atoms with Crippen molar-refractivity contribution in [2.75, 3.05) is 19.6 Å². The topological polar surface area (TPSA) is 99.1 Å². The van der Waals surface area contributed by atoms with Gasteiger partial charge in [0.05, 0.1) is 5.60 Å². The van der Waals surface area contributed by atoms with Crippen molar-refractivity contribution < 1.29 is 24.5 Å². The van der Waals surface area contributed by atoms with Gasteiger partial charge in [0.1, 0.15) is 11.5 Å². The molecule has 2 aliphatic carbocycles. The van der Waals surface area contributed by atoms with E-state index in [1.807, 2.05) is 24.3 Å². The fourth-order valence-electron chi connectivity index (χ4n) is 6.28. The molecule has 5 rings (SSSR count). The van der Waals surface area contributed by atoms with Crippen LogP contribution in [0.25, 0.3) is 6.08 Å². The van der Waals surface area contributed by atoms with Gasteiger partial charge in [0.15, 0.2) is 0 Å². The molecule has 3 aliphatic rings. The number of piperidine rings is 1. The van der Waals surface area contributed by atoms with Crippen molar-refractivity contribution in [1.82, 2.24) is 10.2 Å². The van der Waals surface area contributed by atoms with E-state index in [1.54, 1.807) is 30.3 Å². The molecular weight excluding hydrogens is 468 g/mol. The summed E-state index contributed by atoms with van der Waals surface area (Å²) in [5.74, 6) is 0.796. The number of rotatable bonds is 7. The number of phenolic OH excluding ortho intramolecular Hbond substituents is 1. The number of aromatic hydroxyl groups is 1. The Hall–Kier alpha value is -3.16. The first-order valence-corrected chi connectivity index (χ1v) is 13.3. The van der Waals surface area contributed by atoms with Crippen LogP contribution in [0.1, 0.15) is 56.6 Å². The van der Waals surface area contributed by atoms with Gasteiger partial charge in [-0.2, -0.15) is 0 Å². The zero-order chi connectivity index (χ0) is 26.0. The molecule has 1 amide bonds. The number of fused-ring (bicyclic) bond motifs is 1. The van der Waals surface area contributed by atoms with Gasteiger partial charge >= 0.3 is 5.97 Å². The fraction of sp³-hybridized carbons (Fsp3) is 0.467. The van der Waals surface area contributed by atoms with Crippen molar-refractivity contribution in [3.63, 3.8) is 0 Å². The first-order chi connectivity index (χ1) is 17.7. The Balaban J connectivity index is 1.37. The highest BCUT2D eigenvalue weighted by Crippen LogP contribution is 2.52. The normalized spacial score (nSPS) is 28.0. The third kappa shape index (κ3) is 5.73. The van der Waals surface area contributed by atoms with Crippen LogP contribution in [0.3, 0.4) is 0 Å². The molecular formula is C30H36N2O5. The summed E-state index contributed by atoms with van der Waals surface area (Å²) in [7, 11) is 0. The van der Waals surface area contributed by atoms with E-state index in [2.05, 4.69) is 10.2 Å². The maximum absolute atomic E-state index is 12.8. The number of aliphatic hydroxyl groups is 1. The average molecular weight is 505 g/mol. The number of β-amino-alcohol motifs (C(OH)–C–C–N with tert-alkyl or cyclic N) is 1. The lowest BCUT2D eigenvalue weighted by atomic mass is 9.55. The number of hydrogen-bond acceptors (Lipinski definition) is 6. The standard InChI is InChI=1S/C30H36N2O5/c1-21(33)37-27-7-3-5-24(17-27)29-14-15-32(19-23-8-9-23)20-30(29,36)13-12-25(18-29)31-28(35)11-10-22-4-2-6-26(34)16-22/h2-7,10-11,16-17,23,25,34,36H,8-9,12-15,18-20H2,1H3,(H,31,35)/b11-10+. The summed E-state index contributed by atoms with van der Waals surface area (Å²) in [6.07, 6.45) is 8.35. The summed E-state index contributed by atoms with van der Waals surface area (Å²) in [6.45, 7) is 3.91. The molecule has 196 valence electrons. The summed E-state index contributed by atoms with van der Waals surface area (Å²) >= 11 is 0. The van der Waals surface area contributed by atoms with Gasteiger partial charge in [-0.3, -0.25) is 9.59 Å². The summed E-state index contributed by atoms with van der Waals surface area (Å²) in [4.78, 5) is 26.8. The predicted octanol–water partition coefficient (Wildman–Crippen LogP) is 3.78. The number of carbonyl (C=O) groups is 2. The van der Waals surface area contributed by atoms with Crippen LogP contribution in [0.5, 0.6) is 11.5 Å². The predicted molar refractivity (Wildman–Crippen MR) is 141 cm³/mol. The lowest BCUT2D eigenvalue weighted by Crippen LogP contribution is -2.67. The number of amides is 1. The number of carbonyl (C=O) groups excluding carboxylic acids is 2. The van der Waals surface area contributed by atoms with Crippen LogP contribution in [0.2, 0.25) is 0 Å². The maximum Gasteiger partial charge on any atom is 0.308 e. The lowest BCUT2D eigenvalue weighted by molar-refractivity contribution is -0.133. The molecule has 1 heterocycles. The first-order valence-electron chi connectivity index (χ1n) is 13.3. The number of ether oxygens (including phenoxy) is 1. The van der Waals surface area contributed by atoms with Crippen molar-refractivity contribution in [3.8, 4) is 11.5 Å². The molecule has 3 unspecified atom stereocenters. The van der Waals surface area contributed by atoms with Crippen LogP contribution in [0.4, 0.5) is 0 Å². The van der Waals surface area contributed by atoms with Crippen LogP contribution in [0, 0.1) is 5.92 Å². The summed E-state index contributed by atoms with van der Waals surface area (Å²) in [5.41, 5.74) is 0.200. The third-order valence-corrected chi connectivity index (χ3v) is 8.24. The second kappa shape index (κ2) is 10.3. The molecule has 2 aromatic rings. The lowest BCUT2D eigenvalue weighted by Gasteiger charge is -2.58. The highest BCUT2D eigenvalue weighted by molar-refractivity contribution is 5.92. The van der Waals surface area contributed by atoms with E-state index < -0.39 is 11.0 Å². The molecule has 3 N–H and O–H groups in total. The van der Waals surface area contributed by atoms with Gasteiger partial charge in [-0.15, -0.1) is 0 Å². The second-order valence-electron chi connectivity index (χ2n) is 11.0. The van der Waals surface area contributed by atoms with Gasteiger partial charge in [0, 0.05) is 37.5 Å². The van der Waals surface area contributed by atoms with Gasteiger partial charge in [0.25, 0.3) is 0 Å². The van der Waals surface area contributed by atoms with Crippen LogP contribution >= 0.6 is 0 Å². The number of phenols is 1. The molecule has 3 atom stereocenters. The average Bonchev–Trinajstić information content (AvgIpc) is 3.67. The molecule has 2 aromatic carbocycles. The molecule has 2 saturated carbocycles. The molecule has 37 heavy (non-hydrogen) atoms. The zero-order valence-corrected chi connectivity index (χ0v) is 21.4. The number of esters is 1. The number of benzene rings is 2.